The second-order valence-corrected chi connectivity index (χ2v) is 21.7. The second kappa shape index (κ2) is 15.1. The fraction of sp³-hybridized carbons (Fsp3) is 0.258. The maximum absolute atomic E-state index is 14.7. The lowest BCUT2D eigenvalue weighted by atomic mass is 9.78. The van der Waals surface area contributed by atoms with Gasteiger partial charge in [-0.25, -0.2) is 9.80 Å². The van der Waals surface area contributed by atoms with E-state index in [1.807, 2.05) is 36.4 Å². The Morgan fingerprint density at radius 1 is 0.464 bits per heavy atom. The van der Waals surface area contributed by atoms with Gasteiger partial charge in [0, 0.05) is 51.8 Å². The Hall–Kier alpha value is -7.38. The van der Waals surface area contributed by atoms with Crippen molar-refractivity contribution in [3.63, 3.8) is 0 Å². The summed E-state index contributed by atoms with van der Waals surface area (Å²) in [7, 11) is 0. The van der Waals surface area contributed by atoms with Crippen molar-refractivity contribution in [2.45, 2.75) is 91.9 Å². The Balaban J connectivity index is 0.942. The van der Waals surface area contributed by atoms with E-state index in [4.69, 9.17) is 0 Å². The molecular weight excluding hydrogens is 851 g/mol. The molecule has 4 aliphatic rings. The normalized spacial score (nSPS) is 15.8. The molecule has 8 aromatic carbocycles. The maximum Gasteiger partial charge on any atom is 0.265 e. The summed E-state index contributed by atoms with van der Waals surface area (Å²) in [6.07, 6.45) is 4.57. The number of benzene rings is 8. The molecule has 0 N–H and O–H groups in total. The standard InChI is InChI=1S/C62H55N3O4/c1-34-39-19-13-31-63-32-14-20-40(56(39)63)35(2)51(34)53-43-17-11-9-15-41(43)52(42-16-10-12-18-44(42)53)36-21-24-38(25-22-36)64-57(66)45-26-28-47-55-48(29-27-46(54(45)55)58(64)67)60(69)65(59(47)68)50-33-37(61(3,4)5)23-30-49(50)62(6,7)8/h9-12,15-18,21-30,33H,13-14,19-20,31-32H2,1-8H3. The molecule has 7 nitrogen and oxygen atoms in total. The van der Waals surface area contributed by atoms with E-state index in [1.165, 1.54) is 72.5 Å². The minimum atomic E-state index is -0.502. The van der Waals surface area contributed by atoms with Gasteiger partial charge < -0.3 is 4.90 Å². The number of nitrogens with zero attached hydrogens (tertiary/aromatic N) is 3. The van der Waals surface area contributed by atoms with Crippen molar-refractivity contribution in [3.8, 4) is 22.3 Å². The minimum absolute atomic E-state index is 0.230. The highest BCUT2D eigenvalue weighted by Gasteiger charge is 2.42. The van der Waals surface area contributed by atoms with Crippen LogP contribution in [-0.2, 0) is 23.7 Å². The van der Waals surface area contributed by atoms with E-state index in [2.05, 4.69) is 115 Å². The molecule has 8 aromatic rings. The van der Waals surface area contributed by atoms with Gasteiger partial charge in [0.1, 0.15) is 0 Å². The Kier molecular flexibility index (Phi) is 9.37. The van der Waals surface area contributed by atoms with Crippen molar-refractivity contribution in [2.24, 2.45) is 0 Å². The predicted molar refractivity (Wildman–Crippen MR) is 281 cm³/mol. The fourth-order valence-corrected chi connectivity index (χ4v) is 12.3. The number of fused-ring (bicyclic) bond motifs is 2. The number of carbonyl (C=O) groups excluding carboxylic acids is 4. The summed E-state index contributed by atoms with van der Waals surface area (Å²) >= 11 is 0. The van der Waals surface area contributed by atoms with Crippen LogP contribution in [0.5, 0.6) is 0 Å². The quantitative estimate of drug-likeness (QED) is 0.130. The van der Waals surface area contributed by atoms with E-state index in [-0.39, 0.29) is 33.1 Å². The van der Waals surface area contributed by atoms with Crippen LogP contribution >= 0.6 is 0 Å². The molecule has 4 amide bonds. The summed E-state index contributed by atoms with van der Waals surface area (Å²) in [4.78, 5) is 63.9. The molecule has 0 saturated heterocycles. The highest BCUT2D eigenvalue weighted by Crippen LogP contribution is 2.51. The predicted octanol–water partition coefficient (Wildman–Crippen LogP) is 14.0. The van der Waals surface area contributed by atoms with Gasteiger partial charge in [0.05, 0.1) is 11.4 Å². The van der Waals surface area contributed by atoms with Gasteiger partial charge in [-0.1, -0.05) is 114 Å². The van der Waals surface area contributed by atoms with Crippen LogP contribution in [0.2, 0.25) is 0 Å². The van der Waals surface area contributed by atoms with Gasteiger partial charge in [0.25, 0.3) is 23.6 Å². The first-order chi connectivity index (χ1) is 33.0. The molecule has 0 fully saturated rings. The zero-order chi connectivity index (χ0) is 48.0. The Bertz CT molecular complexity index is 3480. The van der Waals surface area contributed by atoms with Crippen molar-refractivity contribution < 1.29 is 19.2 Å². The zero-order valence-corrected chi connectivity index (χ0v) is 40.7. The molecule has 69 heavy (non-hydrogen) atoms. The SMILES string of the molecule is Cc1c2c3c(c(C)c1-c1c4ccccc4c(-c4ccc(N5C(=O)c6ccc7c8c(ccc(c68)C5=O)C(=O)N(c5cc(C(C)(C)C)ccc5C(C)(C)C)C7=O)cc4)c4ccccc14)CCCN3CCC2. The van der Waals surface area contributed by atoms with E-state index < -0.39 is 23.6 Å². The first kappa shape index (κ1) is 42.9. The van der Waals surface area contributed by atoms with Gasteiger partial charge in [0.2, 0.25) is 0 Å². The summed E-state index contributed by atoms with van der Waals surface area (Å²) in [6, 6.07) is 37.8. The van der Waals surface area contributed by atoms with Crippen LogP contribution in [0.1, 0.15) is 129 Å². The molecular formula is C62H55N3O4. The van der Waals surface area contributed by atoms with Crippen LogP contribution in [0.4, 0.5) is 17.1 Å². The lowest BCUT2D eigenvalue weighted by Crippen LogP contribution is -2.44. The van der Waals surface area contributed by atoms with E-state index in [1.54, 1.807) is 24.3 Å². The molecule has 12 rings (SSSR count). The lowest BCUT2D eigenvalue weighted by Gasteiger charge is -2.39. The van der Waals surface area contributed by atoms with Gasteiger partial charge in [0.15, 0.2) is 0 Å². The topological polar surface area (TPSA) is 78.0 Å². The van der Waals surface area contributed by atoms with Crippen LogP contribution in [0.25, 0.3) is 54.6 Å². The average Bonchev–Trinajstić information content (AvgIpc) is 3.33. The fourth-order valence-electron chi connectivity index (χ4n) is 12.3. The number of carbonyl (C=O) groups is 4. The van der Waals surface area contributed by atoms with Gasteiger partial charge in [-0.3, -0.25) is 19.2 Å². The van der Waals surface area contributed by atoms with Crippen LogP contribution in [0, 0.1) is 13.8 Å². The molecule has 0 unspecified atom stereocenters. The van der Waals surface area contributed by atoms with E-state index >= 15 is 0 Å². The third kappa shape index (κ3) is 6.18. The minimum Gasteiger partial charge on any atom is -0.371 e. The maximum atomic E-state index is 14.7. The number of imide groups is 2. The summed E-state index contributed by atoms with van der Waals surface area (Å²) < 4.78 is 0. The van der Waals surface area contributed by atoms with Crippen LogP contribution in [0.3, 0.4) is 0 Å². The number of rotatable bonds is 4. The van der Waals surface area contributed by atoms with Crippen molar-refractivity contribution in [3.05, 3.63) is 171 Å². The van der Waals surface area contributed by atoms with Crippen molar-refractivity contribution in [1.82, 2.24) is 0 Å². The lowest BCUT2D eigenvalue weighted by molar-refractivity contribution is 0.0872. The first-order valence-corrected chi connectivity index (χ1v) is 24.5. The van der Waals surface area contributed by atoms with Crippen LogP contribution < -0.4 is 14.7 Å². The van der Waals surface area contributed by atoms with E-state index in [9.17, 15) is 19.2 Å². The molecule has 0 bridgehead atoms. The van der Waals surface area contributed by atoms with Crippen molar-refractivity contribution >= 4 is 73.0 Å². The van der Waals surface area contributed by atoms with Gasteiger partial charge in [-0.05, 0) is 170 Å². The van der Waals surface area contributed by atoms with Gasteiger partial charge in [-0.15, -0.1) is 0 Å². The molecule has 0 saturated carbocycles. The molecule has 0 spiro atoms. The summed E-state index contributed by atoms with van der Waals surface area (Å²) in [5, 5.41) is 5.37. The van der Waals surface area contributed by atoms with E-state index in [0.29, 0.717) is 22.1 Å². The molecule has 7 heteroatoms. The first-order valence-electron chi connectivity index (χ1n) is 24.5. The Morgan fingerprint density at radius 3 is 1.36 bits per heavy atom. The molecule has 4 heterocycles. The molecule has 342 valence electrons. The summed E-state index contributed by atoms with van der Waals surface area (Å²) in [5.74, 6) is -1.96. The Labute approximate surface area is 403 Å². The summed E-state index contributed by atoms with van der Waals surface area (Å²) in [6.45, 7) is 19.5. The number of amides is 4. The zero-order valence-electron chi connectivity index (χ0n) is 40.7. The molecule has 0 radical (unpaired) electrons. The third-order valence-corrected chi connectivity index (χ3v) is 15.7. The molecule has 0 aromatic heterocycles. The van der Waals surface area contributed by atoms with Crippen molar-refractivity contribution in [1.29, 1.82) is 0 Å². The van der Waals surface area contributed by atoms with E-state index in [0.717, 1.165) is 59.0 Å². The van der Waals surface area contributed by atoms with Crippen molar-refractivity contribution in [2.75, 3.05) is 27.8 Å². The molecule has 4 aliphatic heterocycles. The number of hydrogen-bond donors (Lipinski definition) is 0. The average molecular weight is 906 g/mol. The smallest absolute Gasteiger partial charge is 0.265 e. The molecule has 0 atom stereocenters. The van der Waals surface area contributed by atoms with Crippen LogP contribution in [0.15, 0.2) is 115 Å². The third-order valence-electron chi connectivity index (χ3n) is 15.7. The largest absolute Gasteiger partial charge is 0.371 e. The monoisotopic (exact) mass is 905 g/mol. The second-order valence-electron chi connectivity index (χ2n) is 21.7. The highest BCUT2D eigenvalue weighted by atomic mass is 16.2. The number of anilines is 3. The van der Waals surface area contributed by atoms with Crippen LogP contribution in [-0.4, -0.2) is 36.7 Å². The highest BCUT2D eigenvalue weighted by molar-refractivity contribution is 6.42. The molecule has 0 aliphatic carbocycles. The summed E-state index contributed by atoms with van der Waals surface area (Å²) in [5.41, 5.74) is 15.4. The number of hydrogen-bond acceptors (Lipinski definition) is 5. The van der Waals surface area contributed by atoms with Gasteiger partial charge in [-0.2, -0.15) is 0 Å². The Morgan fingerprint density at radius 2 is 0.913 bits per heavy atom. The van der Waals surface area contributed by atoms with Gasteiger partial charge >= 0.3 is 0 Å².